The van der Waals surface area contributed by atoms with Crippen LogP contribution in [0.15, 0.2) is 133 Å². The molecule has 0 amide bonds. The zero-order valence-electron chi connectivity index (χ0n) is 26.7. The fraction of sp³-hybridized carbons (Fsp3) is 0. The van der Waals surface area contributed by atoms with E-state index in [4.69, 9.17) is 19.4 Å². The van der Waals surface area contributed by atoms with Crippen molar-refractivity contribution in [3.8, 4) is 62.0 Å². The van der Waals surface area contributed by atoms with Crippen LogP contribution in [0.3, 0.4) is 0 Å². The molecular formula is C41H22N6O2PdPtS. The standard InChI is InChI=1S/C41H22N6O2S.Pd.Pt/c1-3-17-42-36(11-1)27-7-5-9-30(21-27)48-32-13-15-34-35-16-14-33(49-31-10-6-8-28(22-31)37-12-2-4-18-43-37)24-39(35)47(38(34)23-32)41-45-25-29(26-46-41)40-44-19-20-50-40;;/h1-20,25-26H;;/q-4;2*+2. The average molecular weight is 964 g/mol. The predicted octanol–water partition coefficient (Wildman–Crippen LogP) is 9.60. The number of benzene rings is 4. The maximum atomic E-state index is 6.31. The van der Waals surface area contributed by atoms with Gasteiger partial charge in [-0.2, -0.15) is 22.9 Å². The summed E-state index contributed by atoms with van der Waals surface area (Å²) in [5.74, 6) is 2.55. The maximum Gasteiger partial charge on any atom is 2.00 e. The third-order valence-corrected chi connectivity index (χ3v) is 8.73. The second-order valence-electron chi connectivity index (χ2n) is 11.1. The first-order valence-corrected chi connectivity index (χ1v) is 16.5. The molecule has 0 radical (unpaired) electrons. The zero-order valence-corrected chi connectivity index (χ0v) is 31.4. The quantitative estimate of drug-likeness (QED) is 0.111. The molecule has 0 aliphatic heterocycles. The molecule has 5 heterocycles. The Hall–Kier alpha value is -5.36. The summed E-state index contributed by atoms with van der Waals surface area (Å²) in [6.07, 6.45) is 8.83. The number of aromatic nitrogens is 6. The van der Waals surface area contributed by atoms with E-state index in [9.17, 15) is 0 Å². The summed E-state index contributed by atoms with van der Waals surface area (Å²) in [5.41, 5.74) is 5.55. The fourth-order valence-electron chi connectivity index (χ4n) is 5.65. The van der Waals surface area contributed by atoms with Crippen LogP contribution in [0.25, 0.3) is 60.8 Å². The third kappa shape index (κ3) is 7.07. The normalized spacial score (nSPS) is 10.8. The van der Waals surface area contributed by atoms with Gasteiger partial charge >= 0.3 is 41.5 Å². The van der Waals surface area contributed by atoms with Crippen molar-refractivity contribution in [1.29, 1.82) is 0 Å². The molecule has 0 saturated heterocycles. The van der Waals surface area contributed by atoms with E-state index in [1.54, 1.807) is 31.0 Å². The third-order valence-electron chi connectivity index (χ3n) is 7.91. The van der Waals surface area contributed by atoms with E-state index in [1.807, 2.05) is 107 Å². The van der Waals surface area contributed by atoms with E-state index in [0.717, 1.165) is 54.9 Å². The number of hydrogen-bond acceptors (Lipinski definition) is 8. The number of hydrogen-bond donors (Lipinski definition) is 0. The van der Waals surface area contributed by atoms with Crippen LogP contribution in [-0.4, -0.2) is 29.5 Å². The number of ether oxygens (including phenoxy) is 2. The first kappa shape index (κ1) is 35.1. The van der Waals surface area contributed by atoms with Crippen LogP contribution in [0, 0.1) is 24.3 Å². The molecule has 0 atom stereocenters. The van der Waals surface area contributed by atoms with Gasteiger partial charge in [0.25, 0.3) is 0 Å². The molecule has 0 spiro atoms. The van der Waals surface area contributed by atoms with Gasteiger partial charge in [0.15, 0.2) is 0 Å². The molecule has 0 bridgehead atoms. The van der Waals surface area contributed by atoms with Crippen LogP contribution in [0.4, 0.5) is 0 Å². The smallest absolute Gasteiger partial charge is 0.503 e. The fourth-order valence-corrected chi connectivity index (χ4v) is 6.27. The van der Waals surface area contributed by atoms with Crippen molar-refractivity contribution in [2.45, 2.75) is 0 Å². The van der Waals surface area contributed by atoms with E-state index in [2.05, 4.69) is 39.2 Å². The molecule has 0 unspecified atom stereocenters. The molecule has 0 N–H and O–H groups in total. The number of fused-ring (bicyclic) bond motifs is 3. The second-order valence-corrected chi connectivity index (χ2v) is 12.0. The van der Waals surface area contributed by atoms with Crippen LogP contribution in [0.1, 0.15) is 0 Å². The van der Waals surface area contributed by atoms with Crippen molar-refractivity contribution < 1.29 is 51.0 Å². The largest absolute Gasteiger partial charge is 2.00 e. The second kappa shape index (κ2) is 15.5. The number of rotatable bonds is 8. The molecular weight excluding hydrogens is 942 g/mol. The zero-order chi connectivity index (χ0) is 33.3. The summed E-state index contributed by atoms with van der Waals surface area (Å²) >= 11 is 1.53. The van der Waals surface area contributed by atoms with Gasteiger partial charge in [-0.05, 0) is 23.5 Å². The molecule has 0 saturated carbocycles. The van der Waals surface area contributed by atoms with E-state index >= 15 is 0 Å². The van der Waals surface area contributed by atoms with Gasteiger partial charge in [-0.1, -0.05) is 47.4 Å². The minimum atomic E-state index is 0. The van der Waals surface area contributed by atoms with Gasteiger partial charge in [-0.25, -0.2) is 15.0 Å². The van der Waals surface area contributed by atoms with Crippen molar-refractivity contribution in [2.24, 2.45) is 0 Å². The number of thiazole rings is 1. The Balaban J connectivity index is 0.00000210. The van der Waals surface area contributed by atoms with Crippen molar-refractivity contribution >= 4 is 33.1 Å². The molecule has 0 fully saturated rings. The molecule has 0 aliphatic carbocycles. The Morgan fingerprint density at radius 2 is 1.06 bits per heavy atom. The monoisotopic (exact) mass is 963 g/mol. The van der Waals surface area contributed by atoms with E-state index in [-0.39, 0.29) is 41.5 Å². The van der Waals surface area contributed by atoms with Gasteiger partial charge in [0.1, 0.15) is 5.01 Å². The Morgan fingerprint density at radius 3 is 1.54 bits per heavy atom. The van der Waals surface area contributed by atoms with Crippen LogP contribution >= 0.6 is 11.3 Å². The van der Waals surface area contributed by atoms with Gasteiger partial charge in [0.2, 0.25) is 5.95 Å². The molecule has 9 aromatic rings. The number of nitrogens with zero attached hydrogens (tertiary/aromatic N) is 6. The molecule has 9 rings (SSSR count). The van der Waals surface area contributed by atoms with E-state index in [0.29, 0.717) is 28.9 Å². The Labute approximate surface area is 331 Å². The Bertz CT molecular complexity index is 2460. The number of pyridine rings is 2. The van der Waals surface area contributed by atoms with Gasteiger partial charge in [0, 0.05) is 64.9 Å². The molecule has 0 aliphatic rings. The van der Waals surface area contributed by atoms with Crippen LogP contribution < -0.4 is 9.47 Å². The summed E-state index contributed by atoms with van der Waals surface area (Å²) in [6, 6.07) is 44.4. The summed E-state index contributed by atoms with van der Waals surface area (Å²) < 4.78 is 14.5. The first-order valence-electron chi connectivity index (χ1n) is 15.6. The molecule has 5 aromatic heterocycles. The van der Waals surface area contributed by atoms with E-state index < -0.39 is 0 Å². The minimum absolute atomic E-state index is 0. The average Bonchev–Trinajstić information content (AvgIpc) is 3.83. The SMILES string of the molecule is [Pd+2].[Pt+2].[c-]1c(Oc2[c-]c3c(cc2)c2ccc(Oc4[c-]c(-c5ccccn5)ccc4)[c-]c2n3-c2ncc(-c3nccs3)cn2)cccc1-c1ccccn1. The van der Waals surface area contributed by atoms with Gasteiger partial charge in [-0.15, -0.1) is 83.1 Å². The molecule has 4 aromatic carbocycles. The maximum absolute atomic E-state index is 6.31. The first-order chi connectivity index (χ1) is 24.7. The Morgan fingerprint density at radius 1 is 0.519 bits per heavy atom. The summed E-state index contributed by atoms with van der Waals surface area (Å²) in [4.78, 5) is 22.8. The van der Waals surface area contributed by atoms with Crippen molar-refractivity contribution in [1.82, 2.24) is 29.5 Å². The minimum Gasteiger partial charge on any atom is -0.503 e. The topological polar surface area (TPSA) is 87.8 Å². The van der Waals surface area contributed by atoms with Crippen molar-refractivity contribution in [3.63, 3.8) is 0 Å². The summed E-state index contributed by atoms with van der Waals surface area (Å²) in [7, 11) is 0. The van der Waals surface area contributed by atoms with Crippen LogP contribution in [0.5, 0.6) is 23.0 Å². The summed E-state index contributed by atoms with van der Waals surface area (Å²) in [6.45, 7) is 0. The Kier molecular flexibility index (Phi) is 10.4. The molecule has 8 nitrogen and oxygen atoms in total. The van der Waals surface area contributed by atoms with Gasteiger partial charge in [0.05, 0.1) is 0 Å². The van der Waals surface area contributed by atoms with E-state index in [1.165, 1.54) is 11.3 Å². The molecule has 11 heteroatoms. The van der Waals surface area contributed by atoms with Crippen LogP contribution in [-0.2, 0) is 41.5 Å². The summed E-state index contributed by atoms with van der Waals surface area (Å²) in [5, 5.41) is 4.63. The molecule has 254 valence electrons. The molecule has 52 heavy (non-hydrogen) atoms. The van der Waals surface area contributed by atoms with Crippen LogP contribution in [0.2, 0.25) is 0 Å². The predicted molar refractivity (Wildman–Crippen MR) is 192 cm³/mol. The van der Waals surface area contributed by atoms with Crippen molar-refractivity contribution in [3.05, 3.63) is 158 Å². The van der Waals surface area contributed by atoms with Gasteiger partial charge in [-0.3, -0.25) is 0 Å². The van der Waals surface area contributed by atoms with Gasteiger partial charge < -0.3 is 24.0 Å². The van der Waals surface area contributed by atoms with Crippen molar-refractivity contribution in [2.75, 3.05) is 0 Å².